The van der Waals surface area contributed by atoms with Crippen LogP contribution in [-0.4, -0.2) is 47.7 Å². The Hall–Kier alpha value is -0.610. The largest absolute Gasteiger partial charge is 0.481 e. The van der Waals surface area contributed by atoms with E-state index in [4.69, 9.17) is 5.11 Å². The van der Waals surface area contributed by atoms with E-state index in [9.17, 15) is 4.79 Å². The first-order valence-corrected chi connectivity index (χ1v) is 5.26. The Bertz CT molecular complexity index is 206. The summed E-state index contributed by atoms with van der Waals surface area (Å²) in [5.41, 5.74) is 0. The van der Waals surface area contributed by atoms with E-state index in [2.05, 4.69) is 24.1 Å². The predicted octanol–water partition coefficient (Wildman–Crippen LogP) is 0.389. The summed E-state index contributed by atoms with van der Waals surface area (Å²) in [5.74, 6) is -0.934. The molecule has 0 aromatic carbocycles. The Morgan fingerprint density at radius 2 is 2.21 bits per heavy atom. The highest BCUT2D eigenvalue weighted by molar-refractivity contribution is 5.71. The Morgan fingerprint density at radius 1 is 1.57 bits per heavy atom. The number of nitrogens with zero attached hydrogens (tertiary/aromatic N) is 1. The van der Waals surface area contributed by atoms with Crippen LogP contribution in [0.5, 0.6) is 0 Å². The van der Waals surface area contributed by atoms with Crippen molar-refractivity contribution >= 4 is 5.97 Å². The van der Waals surface area contributed by atoms with Gasteiger partial charge in [0.25, 0.3) is 0 Å². The van der Waals surface area contributed by atoms with Crippen LogP contribution in [0.1, 0.15) is 20.8 Å². The van der Waals surface area contributed by atoms with Crippen molar-refractivity contribution in [3.05, 3.63) is 0 Å². The van der Waals surface area contributed by atoms with Gasteiger partial charge in [0.15, 0.2) is 0 Å². The maximum atomic E-state index is 11.0. The van der Waals surface area contributed by atoms with Gasteiger partial charge in [0.1, 0.15) is 0 Å². The number of hydrogen-bond acceptors (Lipinski definition) is 3. The zero-order chi connectivity index (χ0) is 10.7. The SMILES string of the molecule is CCNC1CN(C(C)C)CC1C(=O)O. The lowest BCUT2D eigenvalue weighted by Crippen LogP contribution is -2.39. The standard InChI is InChI=1S/C10H20N2O2/c1-4-11-9-6-12(7(2)3)5-8(9)10(13)14/h7-9,11H,4-6H2,1-3H3,(H,13,14). The summed E-state index contributed by atoms with van der Waals surface area (Å²) in [7, 11) is 0. The third-order valence-corrected chi connectivity index (χ3v) is 2.86. The summed E-state index contributed by atoms with van der Waals surface area (Å²) in [6.45, 7) is 8.57. The fourth-order valence-electron chi connectivity index (χ4n) is 1.98. The first-order chi connectivity index (χ1) is 6.56. The molecule has 1 heterocycles. The fraction of sp³-hybridized carbons (Fsp3) is 0.900. The minimum absolute atomic E-state index is 0.111. The molecule has 0 aliphatic carbocycles. The Labute approximate surface area is 85.3 Å². The van der Waals surface area contributed by atoms with E-state index in [0.29, 0.717) is 12.6 Å². The maximum absolute atomic E-state index is 11.0. The van der Waals surface area contributed by atoms with Gasteiger partial charge in [0.2, 0.25) is 0 Å². The van der Waals surface area contributed by atoms with Crippen molar-refractivity contribution < 1.29 is 9.90 Å². The molecule has 0 saturated carbocycles. The molecule has 1 rings (SSSR count). The van der Waals surface area contributed by atoms with Gasteiger partial charge < -0.3 is 10.4 Å². The molecular weight excluding hydrogens is 180 g/mol. The molecular formula is C10H20N2O2. The van der Waals surface area contributed by atoms with E-state index >= 15 is 0 Å². The molecule has 1 aliphatic heterocycles. The molecule has 2 N–H and O–H groups in total. The highest BCUT2D eigenvalue weighted by Crippen LogP contribution is 2.19. The second-order valence-corrected chi connectivity index (χ2v) is 4.16. The van der Waals surface area contributed by atoms with Gasteiger partial charge in [-0.1, -0.05) is 6.92 Å². The molecule has 4 heteroatoms. The summed E-state index contributed by atoms with van der Waals surface area (Å²) in [6, 6.07) is 0.542. The normalized spacial score (nSPS) is 28.6. The van der Waals surface area contributed by atoms with Crippen LogP contribution in [0.3, 0.4) is 0 Å². The summed E-state index contributed by atoms with van der Waals surface area (Å²) in [4.78, 5) is 13.2. The molecule has 82 valence electrons. The third-order valence-electron chi connectivity index (χ3n) is 2.86. The van der Waals surface area contributed by atoms with Crippen molar-refractivity contribution in [2.24, 2.45) is 5.92 Å². The second kappa shape index (κ2) is 4.75. The molecule has 0 bridgehead atoms. The van der Waals surface area contributed by atoms with Gasteiger partial charge in [-0.15, -0.1) is 0 Å². The first-order valence-electron chi connectivity index (χ1n) is 5.26. The lowest BCUT2D eigenvalue weighted by molar-refractivity contribution is -0.141. The van der Waals surface area contributed by atoms with Crippen LogP contribution in [0.2, 0.25) is 0 Å². The quantitative estimate of drug-likeness (QED) is 0.689. The number of aliphatic carboxylic acids is 1. The lowest BCUT2D eigenvalue weighted by atomic mass is 10.0. The lowest BCUT2D eigenvalue weighted by Gasteiger charge is -2.19. The van der Waals surface area contributed by atoms with Crippen molar-refractivity contribution in [2.45, 2.75) is 32.9 Å². The molecule has 0 aromatic rings. The van der Waals surface area contributed by atoms with Crippen molar-refractivity contribution in [3.63, 3.8) is 0 Å². The van der Waals surface area contributed by atoms with Gasteiger partial charge in [-0.05, 0) is 20.4 Å². The summed E-state index contributed by atoms with van der Waals surface area (Å²) < 4.78 is 0. The number of carbonyl (C=O) groups is 1. The predicted molar refractivity (Wildman–Crippen MR) is 55.3 cm³/mol. The molecule has 0 radical (unpaired) electrons. The summed E-state index contributed by atoms with van der Waals surface area (Å²) >= 11 is 0. The van der Waals surface area contributed by atoms with Gasteiger partial charge >= 0.3 is 5.97 Å². The maximum Gasteiger partial charge on any atom is 0.309 e. The zero-order valence-corrected chi connectivity index (χ0v) is 9.16. The number of nitrogens with one attached hydrogen (secondary N) is 1. The summed E-state index contributed by atoms with van der Waals surface area (Å²) in [6.07, 6.45) is 0. The monoisotopic (exact) mass is 200 g/mol. The number of likely N-dealkylation sites (N-methyl/N-ethyl adjacent to an activating group) is 1. The van der Waals surface area contributed by atoms with Crippen LogP contribution in [0.4, 0.5) is 0 Å². The molecule has 0 amide bonds. The second-order valence-electron chi connectivity index (χ2n) is 4.16. The molecule has 14 heavy (non-hydrogen) atoms. The van der Waals surface area contributed by atoms with E-state index < -0.39 is 5.97 Å². The van der Waals surface area contributed by atoms with E-state index in [0.717, 1.165) is 13.1 Å². The smallest absolute Gasteiger partial charge is 0.309 e. The molecule has 1 saturated heterocycles. The molecule has 0 aromatic heterocycles. The van der Waals surface area contributed by atoms with Gasteiger partial charge in [-0.25, -0.2) is 0 Å². The average Bonchev–Trinajstić information content (AvgIpc) is 2.49. The Balaban J connectivity index is 2.60. The fourth-order valence-corrected chi connectivity index (χ4v) is 1.98. The average molecular weight is 200 g/mol. The van der Waals surface area contributed by atoms with Crippen LogP contribution < -0.4 is 5.32 Å². The minimum atomic E-state index is -0.681. The number of hydrogen-bond donors (Lipinski definition) is 2. The van der Waals surface area contributed by atoms with Gasteiger partial charge in [-0.3, -0.25) is 9.69 Å². The van der Waals surface area contributed by atoms with Gasteiger partial charge in [0, 0.05) is 25.2 Å². The van der Waals surface area contributed by atoms with Crippen molar-refractivity contribution in [3.8, 4) is 0 Å². The van der Waals surface area contributed by atoms with Crippen molar-refractivity contribution in [1.29, 1.82) is 0 Å². The molecule has 0 spiro atoms. The number of carboxylic acids is 1. The highest BCUT2D eigenvalue weighted by atomic mass is 16.4. The van der Waals surface area contributed by atoms with Gasteiger partial charge in [0.05, 0.1) is 5.92 Å². The number of likely N-dealkylation sites (tertiary alicyclic amines) is 1. The molecule has 1 fully saturated rings. The molecule has 2 atom stereocenters. The third kappa shape index (κ3) is 2.45. The number of carboxylic acid groups (broad SMARTS) is 1. The topological polar surface area (TPSA) is 52.6 Å². The van der Waals surface area contributed by atoms with Crippen LogP contribution in [0.15, 0.2) is 0 Å². The van der Waals surface area contributed by atoms with Gasteiger partial charge in [-0.2, -0.15) is 0 Å². The van der Waals surface area contributed by atoms with Crippen LogP contribution in [0, 0.1) is 5.92 Å². The first kappa shape index (κ1) is 11.5. The van der Waals surface area contributed by atoms with E-state index in [1.807, 2.05) is 6.92 Å². The van der Waals surface area contributed by atoms with Crippen molar-refractivity contribution in [2.75, 3.05) is 19.6 Å². The van der Waals surface area contributed by atoms with Crippen LogP contribution in [0.25, 0.3) is 0 Å². The van der Waals surface area contributed by atoms with Crippen LogP contribution in [-0.2, 0) is 4.79 Å². The number of rotatable bonds is 4. The molecule has 2 unspecified atom stereocenters. The van der Waals surface area contributed by atoms with E-state index in [1.54, 1.807) is 0 Å². The van der Waals surface area contributed by atoms with Crippen molar-refractivity contribution in [1.82, 2.24) is 10.2 Å². The molecule has 1 aliphatic rings. The van der Waals surface area contributed by atoms with E-state index in [1.165, 1.54) is 0 Å². The van der Waals surface area contributed by atoms with Crippen LogP contribution >= 0.6 is 0 Å². The highest BCUT2D eigenvalue weighted by Gasteiger charge is 2.37. The minimum Gasteiger partial charge on any atom is -0.481 e. The summed E-state index contributed by atoms with van der Waals surface area (Å²) in [5, 5.41) is 12.3. The Kier molecular flexibility index (Phi) is 3.89. The van der Waals surface area contributed by atoms with E-state index in [-0.39, 0.29) is 12.0 Å². The molecule has 4 nitrogen and oxygen atoms in total. The zero-order valence-electron chi connectivity index (χ0n) is 9.16. The Morgan fingerprint density at radius 3 is 2.64 bits per heavy atom.